The van der Waals surface area contributed by atoms with Gasteiger partial charge in [-0.3, -0.25) is 9.59 Å². The van der Waals surface area contributed by atoms with Crippen LogP contribution >= 0.6 is 34.7 Å². The number of carbonyl (C=O) groups is 2. The van der Waals surface area contributed by atoms with Gasteiger partial charge < -0.3 is 15.5 Å². The number of anilines is 1. The van der Waals surface area contributed by atoms with Crippen molar-refractivity contribution in [1.29, 1.82) is 0 Å². The summed E-state index contributed by atoms with van der Waals surface area (Å²) in [6.07, 6.45) is 6.19. The van der Waals surface area contributed by atoms with Crippen molar-refractivity contribution in [3.63, 3.8) is 0 Å². The van der Waals surface area contributed by atoms with Crippen LogP contribution in [-0.4, -0.2) is 58.8 Å². The zero-order chi connectivity index (χ0) is 21.2. The lowest BCUT2D eigenvalue weighted by Gasteiger charge is -2.19. The van der Waals surface area contributed by atoms with Crippen molar-refractivity contribution in [3.8, 4) is 0 Å². The first-order valence-electron chi connectivity index (χ1n) is 10.1. The molecule has 2 heterocycles. The number of nitrogens with one attached hydrogen (secondary N) is 2. The Labute approximate surface area is 190 Å². The van der Waals surface area contributed by atoms with Gasteiger partial charge in [-0.25, -0.2) is 0 Å². The molecule has 0 atom stereocenters. The summed E-state index contributed by atoms with van der Waals surface area (Å²) in [6.45, 7) is 4.07. The highest BCUT2D eigenvalue weighted by Crippen LogP contribution is 2.23. The third-order valence-corrected chi connectivity index (χ3v) is 7.01. The summed E-state index contributed by atoms with van der Waals surface area (Å²) in [7, 11) is 0. The monoisotopic (exact) mass is 467 g/mol. The van der Waals surface area contributed by atoms with Crippen molar-refractivity contribution in [3.05, 3.63) is 34.3 Å². The number of aromatic nitrogens is 2. The molecular weight excluding hydrogens is 442 g/mol. The van der Waals surface area contributed by atoms with Gasteiger partial charge in [-0.05, 0) is 63.2 Å². The van der Waals surface area contributed by atoms with Gasteiger partial charge in [0.05, 0.1) is 5.75 Å². The van der Waals surface area contributed by atoms with Crippen LogP contribution in [0.3, 0.4) is 0 Å². The van der Waals surface area contributed by atoms with Crippen molar-refractivity contribution in [2.24, 2.45) is 0 Å². The number of hydrogen-bond acceptors (Lipinski definition) is 7. The van der Waals surface area contributed by atoms with Gasteiger partial charge in [0.1, 0.15) is 0 Å². The van der Waals surface area contributed by atoms with Gasteiger partial charge in [0.15, 0.2) is 4.34 Å². The second-order valence-electron chi connectivity index (χ2n) is 7.08. The van der Waals surface area contributed by atoms with E-state index in [0.717, 1.165) is 13.0 Å². The summed E-state index contributed by atoms with van der Waals surface area (Å²) in [5, 5.41) is 14.5. The fraction of sp³-hybridized carbons (Fsp3) is 0.500. The predicted molar refractivity (Wildman–Crippen MR) is 123 cm³/mol. The molecule has 1 aromatic carbocycles. The second kappa shape index (κ2) is 12.2. The molecule has 0 radical (unpaired) electrons. The molecule has 1 aliphatic heterocycles. The summed E-state index contributed by atoms with van der Waals surface area (Å²) in [5.41, 5.74) is 0.633. The third-order valence-electron chi connectivity index (χ3n) is 4.70. The minimum atomic E-state index is -0.334. The number of nitrogens with zero attached hydrogens (tertiary/aromatic N) is 3. The fourth-order valence-corrected chi connectivity index (χ4v) is 4.85. The first-order chi connectivity index (χ1) is 14.6. The van der Waals surface area contributed by atoms with Gasteiger partial charge in [-0.15, -0.1) is 10.2 Å². The highest BCUT2D eigenvalue weighted by molar-refractivity contribution is 8.01. The maximum atomic E-state index is 12.2. The lowest BCUT2D eigenvalue weighted by atomic mass is 10.2. The molecule has 2 amide bonds. The quantitative estimate of drug-likeness (QED) is 0.429. The summed E-state index contributed by atoms with van der Waals surface area (Å²) >= 11 is 8.30. The molecule has 2 aromatic rings. The molecule has 10 heteroatoms. The van der Waals surface area contributed by atoms with Crippen molar-refractivity contribution in [2.45, 2.75) is 36.4 Å². The molecule has 0 unspecified atom stereocenters. The Balaban J connectivity index is 1.33. The predicted octanol–water partition coefficient (Wildman–Crippen LogP) is 3.92. The molecule has 2 N–H and O–H groups in total. The summed E-state index contributed by atoms with van der Waals surface area (Å²) in [4.78, 5) is 26.8. The Hall–Kier alpha value is -1.68. The van der Waals surface area contributed by atoms with Crippen LogP contribution < -0.4 is 10.6 Å². The largest absolute Gasteiger partial charge is 0.355 e. The Morgan fingerprint density at radius 2 is 1.83 bits per heavy atom. The molecular formula is C20H26ClN5O2S2. The van der Waals surface area contributed by atoms with E-state index in [9.17, 15) is 9.59 Å². The van der Waals surface area contributed by atoms with Crippen molar-refractivity contribution in [2.75, 3.05) is 37.2 Å². The molecule has 1 aromatic heterocycles. The van der Waals surface area contributed by atoms with Gasteiger partial charge in [-0.1, -0.05) is 47.5 Å². The number of benzene rings is 1. The minimum Gasteiger partial charge on any atom is -0.355 e. The molecule has 0 spiro atoms. The Kier molecular flexibility index (Phi) is 9.38. The van der Waals surface area contributed by atoms with E-state index in [1.807, 2.05) is 0 Å². The third kappa shape index (κ3) is 7.86. The zero-order valence-corrected chi connectivity index (χ0v) is 19.1. The standard InChI is InChI=1S/C20H26ClN5O2S2/c21-15-6-8-16(9-7-15)23-18(28)19-24-25-20(30-19)29-14-17(27)22-10-5-13-26-11-3-1-2-4-12-26/h6-9H,1-5,10-14H2,(H,22,27)(H,23,28). The van der Waals surface area contributed by atoms with Crippen LogP contribution in [0, 0.1) is 0 Å². The fourth-order valence-electron chi connectivity index (χ4n) is 3.15. The number of halogens is 1. The van der Waals surface area contributed by atoms with E-state index in [-0.39, 0.29) is 22.6 Å². The number of carbonyl (C=O) groups excluding carboxylic acids is 2. The number of thioether (sulfide) groups is 1. The van der Waals surface area contributed by atoms with Crippen molar-refractivity contribution < 1.29 is 9.59 Å². The SMILES string of the molecule is O=C(CSc1nnc(C(=O)Nc2ccc(Cl)cc2)s1)NCCCN1CCCCCC1. The molecule has 162 valence electrons. The zero-order valence-electron chi connectivity index (χ0n) is 16.7. The lowest BCUT2D eigenvalue weighted by Crippen LogP contribution is -2.31. The highest BCUT2D eigenvalue weighted by Gasteiger charge is 2.15. The van der Waals surface area contributed by atoms with Crippen LogP contribution in [0.4, 0.5) is 5.69 Å². The smallest absolute Gasteiger partial charge is 0.286 e. The summed E-state index contributed by atoms with van der Waals surface area (Å²) < 4.78 is 0.593. The van der Waals surface area contributed by atoms with Gasteiger partial charge in [0.2, 0.25) is 10.9 Å². The molecule has 30 heavy (non-hydrogen) atoms. The van der Waals surface area contributed by atoms with Crippen LogP contribution in [0.15, 0.2) is 28.6 Å². The van der Waals surface area contributed by atoms with Crippen LogP contribution in [0.1, 0.15) is 41.9 Å². The normalized spacial score (nSPS) is 14.8. The average molecular weight is 468 g/mol. The lowest BCUT2D eigenvalue weighted by molar-refractivity contribution is -0.118. The van der Waals surface area contributed by atoms with Crippen molar-refractivity contribution in [1.82, 2.24) is 20.4 Å². The maximum Gasteiger partial charge on any atom is 0.286 e. The van der Waals surface area contributed by atoms with E-state index in [0.29, 0.717) is 21.6 Å². The number of likely N-dealkylation sites (tertiary alicyclic amines) is 1. The average Bonchev–Trinajstić information content (AvgIpc) is 3.07. The highest BCUT2D eigenvalue weighted by atomic mass is 35.5. The van der Waals surface area contributed by atoms with E-state index >= 15 is 0 Å². The summed E-state index contributed by atoms with van der Waals surface area (Å²) in [6, 6.07) is 6.83. The number of hydrogen-bond donors (Lipinski definition) is 2. The molecule has 1 aliphatic rings. The van der Waals surface area contributed by atoms with Crippen LogP contribution in [0.2, 0.25) is 5.02 Å². The molecule has 0 bridgehead atoms. The van der Waals surface area contributed by atoms with E-state index in [1.165, 1.54) is 61.9 Å². The molecule has 1 fully saturated rings. The molecule has 0 saturated carbocycles. The van der Waals surface area contributed by atoms with Crippen LogP contribution in [0.25, 0.3) is 0 Å². The van der Waals surface area contributed by atoms with Crippen LogP contribution in [-0.2, 0) is 4.79 Å². The van der Waals surface area contributed by atoms with E-state index in [1.54, 1.807) is 24.3 Å². The first-order valence-corrected chi connectivity index (χ1v) is 12.3. The minimum absolute atomic E-state index is 0.0294. The Morgan fingerprint density at radius 3 is 2.57 bits per heavy atom. The topological polar surface area (TPSA) is 87.2 Å². The van der Waals surface area contributed by atoms with Gasteiger partial charge in [0, 0.05) is 17.3 Å². The number of amides is 2. The van der Waals surface area contributed by atoms with Gasteiger partial charge in [-0.2, -0.15) is 0 Å². The summed E-state index contributed by atoms with van der Waals surface area (Å²) in [5.74, 6) is -0.102. The first kappa shape index (κ1) is 23.0. The van der Waals surface area contributed by atoms with E-state index < -0.39 is 0 Å². The molecule has 1 saturated heterocycles. The molecule has 7 nitrogen and oxygen atoms in total. The van der Waals surface area contributed by atoms with E-state index in [2.05, 4.69) is 25.7 Å². The number of rotatable bonds is 9. The molecule has 3 rings (SSSR count). The van der Waals surface area contributed by atoms with Gasteiger partial charge >= 0.3 is 0 Å². The van der Waals surface area contributed by atoms with E-state index in [4.69, 9.17) is 11.6 Å². The Bertz CT molecular complexity index is 823. The molecule has 0 aliphatic carbocycles. The maximum absolute atomic E-state index is 12.2. The van der Waals surface area contributed by atoms with Crippen molar-refractivity contribution >= 4 is 52.2 Å². The second-order valence-corrected chi connectivity index (χ2v) is 9.72. The van der Waals surface area contributed by atoms with Gasteiger partial charge in [0.25, 0.3) is 5.91 Å². The Morgan fingerprint density at radius 1 is 1.10 bits per heavy atom. The van der Waals surface area contributed by atoms with Crippen LogP contribution in [0.5, 0.6) is 0 Å².